The highest BCUT2D eigenvalue weighted by Gasteiger charge is 2.29. The van der Waals surface area contributed by atoms with E-state index < -0.39 is 26.6 Å². The number of nitrogens with one attached hydrogen (secondary N) is 2. The van der Waals surface area contributed by atoms with E-state index in [1.54, 1.807) is 24.3 Å². The first-order valence-electron chi connectivity index (χ1n) is 10.7. The van der Waals surface area contributed by atoms with Crippen LogP contribution in [0, 0.1) is 11.7 Å². The van der Waals surface area contributed by atoms with Gasteiger partial charge >= 0.3 is 0 Å². The topological polar surface area (TPSA) is 95.6 Å². The molecule has 1 fully saturated rings. The molecule has 2 aromatic carbocycles. The molecule has 9 heteroatoms. The Morgan fingerprint density at radius 1 is 0.969 bits per heavy atom. The van der Waals surface area contributed by atoms with E-state index in [-0.39, 0.29) is 17.4 Å². The van der Waals surface area contributed by atoms with Gasteiger partial charge in [0.25, 0.3) is 5.91 Å². The van der Waals surface area contributed by atoms with Crippen molar-refractivity contribution in [1.82, 2.24) is 4.31 Å². The molecule has 1 saturated heterocycles. The van der Waals surface area contributed by atoms with Gasteiger partial charge in [-0.05, 0) is 61.2 Å². The lowest BCUT2D eigenvalue weighted by atomic mass is 10.1. The number of piperidine rings is 1. The van der Waals surface area contributed by atoms with Gasteiger partial charge in [-0.2, -0.15) is 4.31 Å². The van der Waals surface area contributed by atoms with Gasteiger partial charge in [0.15, 0.2) is 0 Å². The van der Waals surface area contributed by atoms with Crippen molar-refractivity contribution in [3.05, 3.63) is 53.8 Å². The summed E-state index contributed by atoms with van der Waals surface area (Å²) >= 11 is 0. The Morgan fingerprint density at radius 3 is 2.16 bits per heavy atom. The van der Waals surface area contributed by atoms with Crippen LogP contribution in [0.5, 0.6) is 0 Å². The Balaban J connectivity index is 1.72. The third-order valence-electron chi connectivity index (χ3n) is 5.15. The maximum atomic E-state index is 14.4. The number of nitrogens with zero attached hydrogens (tertiary/aromatic N) is 1. The molecule has 2 amide bonds. The second-order valence-electron chi connectivity index (χ2n) is 8.29. The van der Waals surface area contributed by atoms with Gasteiger partial charge in [0, 0.05) is 36.4 Å². The average molecular weight is 462 g/mol. The van der Waals surface area contributed by atoms with Crippen LogP contribution in [0.3, 0.4) is 0 Å². The molecule has 32 heavy (non-hydrogen) atoms. The Labute approximate surface area is 188 Å². The van der Waals surface area contributed by atoms with Gasteiger partial charge in [0.1, 0.15) is 10.7 Å². The zero-order chi connectivity index (χ0) is 23.3. The predicted octanol–water partition coefficient (Wildman–Crippen LogP) is 4.24. The number of anilines is 2. The van der Waals surface area contributed by atoms with Gasteiger partial charge in [-0.25, -0.2) is 12.8 Å². The molecule has 0 radical (unpaired) electrons. The van der Waals surface area contributed by atoms with Crippen molar-refractivity contribution in [2.75, 3.05) is 23.7 Å². The van der Waals surface area contributed by atoms with Crippen molar-refractivity contribution < 1.29 is 22.4 Å². The zero-order valence-corrected chi connectivity index (χ0v) is 19.0. The SMILES string of the molecule is CC(C)CC(=O)Nc1ccc(NC(=O)c2ccc(F)c(S(=O)(=O)N3CCCCC3)c2)cc1. The lowest BCUT2D eigenvalue weighted by Crippen LogP contribution is -2.36. The molecule has 2 aromatic rings. The van der Waals surface area contributed by atoms with Crippen molar-refractivity contribution in [2.45, 2.75) is 44.4 Å². The van der Waals surface area contributed by atoms with Crippen molar-refractivity contribution in [3.63, 3.8) is 0 Å². The molecular formula is C23H28FN3O4S. The first kappa shape index (κ1) is 23.9. The monoisotopic (exact) mass is 461 g/mol. The number of halogens is 1. The Hall–Kier alpha value is -2.78. The first-order valence-corrected chi connectivity index (χ1v) is 12.1. The molecule has 0 aromatic heterocycles. The van der Waals surface area contributed by atoms with Crippen LogP contribution in [0.4, 0.5) is 15.8 Å². The standard InChI is InChI=1S/C23H28FN3O4S/c1-16(2)14-22(28)25-18-7-9-19(10-8-18)26-23(29)17-6-11-20(24)21(15-17)32(30,31)27-12-4-3-5-13-27/h6-11,15-16H,3-5,12-14H2,1-2H3,(H,25,28)(H,26,29). The fourth-order valence-corrected chi connectivity index (χ4v) is 5.12. The summed E-state index contributed by atoms with van der Waals surface area (Å²) in [5, 5.41) is 5.45. The molecule has 172 valence electrons. The van der Waals surface area contributed by atoms with E-state index >= 15 is 0 Å². The van der Waals surface area contributed by atoms with Crippen molar-refractivity contribution in [2.24, 2.45) is 5.92 Å². The normalized spacial score (nSPS) is 14.9. The van der Waals surface area contributed by atoms with Gasteiger partial charge in [0.05, 0.1) is 0 Å². The van der Waals surface area contributed by atoms with Gasteiger partial charge in [-0.15, -0.1) is 0 Å². The fourth-order valence-electron chi connectivity index (χ4n) is 3.51. The average Bonchev–Trinajstić information content (AvgIpc) is 2.75. The van der Waals surface area contributed by atoms with E-state index in [1.807, 2.05) is 13.8 Å². The largest absolute Gasteiger partial charge is 0.326 e. The van der Waals surface area contributed by atoms with Crippen LogP contribution in [0.15, 0.2) is 47.4 Å². The molecule has 3 rings (SSSR count). The summed E-state index contributed by atoms with van der Waals surface area (Å²) in [6, 6.07) is 9.89. The lowest BCUT2D eigenvalue weighted by Gasteiger charge is -2.26. The van der Waals surface area contributed by atoms with Crippen LogP contribution < -0.4 is 10.6 Å². The number of sulfonamides is 1. The van der Waals surface area contributed by atoms with Gasteiger partial charge < -0.3 is 10.6 Å². The minimum Gasteiger partial charge on any atom is -0.326 e. The summed E-state index contributed by atoms with van der Waals surface area (Å²) < 4.78 is 41.3. The number of hydrogen-bond acceptors (Lipinski definition) is 4. The Kier molecular flexibility index (Phi) is 7.63. The number of amides is 2. The van der Waals surface area contributed by atoms with E-state index in [0.717, 1.165) is 31.4 Å². The molecule has 0 aliphatic carbocycles. The molecular weight excluding hydrogens is 433 g/mol. The fraction of sp³-hybridized carbons (Fsp3) is 0.391. The highest BCUT2D eigenvalue weighted by molar-refractivity contribution is 7.89. The lowest BCUT2D eigenvalue weighted by molar-refractivity contribution is -0.116. The summed E-state index contributed by atoms with van der Waals surface area (Å²) in [7, 11) is -4.01. The van der Waals surface area contributed by atoms with E-state index in [0.29, 0.717) is 30.9 Å². The summed E-state index contributed by atoms with van der Waals surface area (Å²) in [6.07, 6.45) is 2.81. The molecule has 1 aliphatic rings. The number of rotatable bonds is 7. The maximum absolute atomic E-state index is 14.4. The zero-order valence-electron chi connectivity index (χ0n) is 18.2. The number of carbonyl (C=O) groups excluding carboxylic acids is 2. The number of benzene rings is 2. The van der Waals surface area contributed by atoms with Crippen molar-refractivity contribution in [1.29, 1.82) is 0 Å². The van der Waals surface area contributed by atoms with Gasteiger partial charge in [-0.3, -0.25) is 9.59 Å². The van der Waals surface area contributed by atoms with E-state index in [9.17, 15) is 22.4 Å². The molecule has 1 aliphatic heterocycles. The third kappa shape index (κ3) is 5.92. The van der Waals surface area contributed by atoms with Gasteiger partial charge in [0.2, 0.25) is 15.9 Å². The van der Waals surface area contributed by atoms with Crippen LogP contribution in [0.2, 0.25) is 0 Å². The quantitative estimate of drug-likeness (QED) is 0.645. The highest BCUT2D eigenvalue weighted by Crippen LogP contribution is 2.24. The molecule has 0 bridgehead atoms. The van der Waals surface area contributed by atoms with Crippen LogP contribution in [0.1, 0.15) is 49.9 Å². The Bertz CT molecular complexity index is 1080. The predicted molar refractivity (Wildman–Crippen MR) is 121 cm³/mol. The summed E-state index contributed by atoms with van der Waals surface area (Å²) in [4.78, 5) is 24.0. The Morgan fingerprint density at radius 2 is 1.56 bits per heavy atom. The second kappa shape index (κ2) is 10.2. The highest BCUT2D eigenvalue weighted by atomic mass is 32.2. The molecule has 1 heterocycles. The van der Waals surface area contributed by atoms with Crippen LogP contribution in [-0.2, 0) is 14.8 Å². The summed E-state index contributed by atoms with van der Waals surface area (Å²) in [5.41, 5.74) is 1.10. The number of hydrogen-bond donors (Lipinski definition) is 2. The van der Waals surface area contributed by atoms with E-state index in [1.165, 1.54) is 10.4 Å². The smallest absolute Gasteiger partial charge is 0.255 e. The van der Waals surface area contributed by atoms with Crippen LogP contribution >= 0.6 is 0 Å². The van der Waals surface area contributed by atoms with E-state index in [4.69, 9.17) is 0 Å². The molecule has 2 N–H and O–H groups in total. The molecule has 7 nitrogen and oxygen atoms in total. The van der Waals surface area contributed by atoms with E-state index in [2.05, 4.69) is 10.6 Å². The van der Waals surface area contributed by atoms with Crippen molar-refractivity contribution >= 4 is 33.2 Å². The number of carbonyl (C=O) groups is 2. The van der Waals surface area contributed by atoms with Crippen LogP contribution in [-0.4, -0.2) is 37.6 Å². The molecule has 0 saturated carbocycles. The molecule has 0 atom stereocenters. The molecule has 0 spiro atoms. The summed E-state index contributed by atoms with van der Waals surface area (Å²) in [6.45, 7) is 4.60. The minimum atomic E-state index is -4.01. The second-order valence-corrected chi connectivity index (χ2v) is 10.2. The minimum absolute atomic E-state index is 0.0382. The van der Waals surface area contributed by atoms with Crippen molar-refractivity contribution in [3.8, 4) is 0 Å². The summed E-state index contributed by atoms with van der Waals surface area (Å²) in [5.74, 6) is -1.29. The van der Waals surface area contributed by atoms with Gasteiger partial charge in [-0.1, -0.05) is 20.3 Å². The van der Waals surface area contributed by atoms with Crippen LogP contribution in [0.25, 0.3) is 0 Å². The molecule has 0 unspecified atom stereocenters. The first-order chi connectivity index (χ1) is 15.2. The third-order valence-corrected chi connectivity index (χ3v) is 7.06. The maximum Gasteiger partial charge on any atom is 0.255 e.